The Morgan fingerprint density at radius 2 is 0.857 bits per heavy atom. The summed E-state index contributed by atoms with van der Waals surface area (Å²) >= 11 is 0. The third-order valence-corrected chi connectivity index (χ3v) is 12.4. The largest absolute Gasteiger partial charge is 0.472 e. The van der Waals surface area contributed by atoms with E-state index in [1.54, 1.807) is 0 Å². The highest BCUT2D eigenvalue weighted by atomic mass is 31.2. The van der Waals surface area contributed by atoms with Crippen molar-refractivity contribution in [3.05, 3.63) is 36.5 Å². The van der Waals surface area contributed by atoms with E-state index in [1.807, 2.05) is 0 Å². The van der Waals surface area contributed by atoms with E-state index in [1.165, 1.54) is 77.0 Å². The molecule has 1 rings (SSSR count). The molecular weight excluding hydrogens is 828 g/mol. The van der Waals surface area contributed by atoms with Gasteiger partial charge in [-0.05, 0) is 70.6 Å². The molecule has 0 aliphatic heterocycles. The fraction of sp³-hybridized carbons (Fsp3) is 0.837. The Kier molecular flexibility index (Phi) is 36.8. The van der Waals surface area contributed by atoms with Gasteiger partial charge in [-0.2, -0.15) is 0 Å². The van der Waals surface area contributed by atoms with E-state index in [-0.39, 0.29) is 12.8 Å². The quantitative estimate of drug-likeness (QED) is 0.0146. The number of hydrogen-bond acceptors (Lipinski definition) is 12. The van der Waals surface area contributed by atoms with E-state index in [4.69, 9.17) is 18.5 Å². The summed E-state index contributed by atoms with van der Waals surface area (Å²) in [7, 11) is -5.12. The highest BCUT2D eigenvalue weighted by Gasteiger charge is 2.51. The van der Waals surface area contributed by atoms with Crippen LogP contribution < -0.4 is 0 Å². The number of allylic oxidation sites excluding steroid dienone is 6. The summed E-state index contributed by atoms with van der Waals surface area (Å²) in [5.41, 5.74) is 0. The third-order valence-electron chi connectivity index (χ3n) is 11.5. The minimum Gasteiger partial charge on any atom is -0.462 e. The van der Waals surface area contributed by atoms with Gasteiger partial charge in [-0.3, -0.25) is 18.6 Å². The summed E-state index contributed by atoms with van der Waals surface area (Å²) in [5.74, 6) is -1.11. The number of phosphoric ester groups is 1. The zero-order chi connectivity index (χ0) is 46.4. The first kappa shape index (κ1) is 59.1. The van der Waals surface area contributed by atoms with Crippen LogP contribution in [-0.2, 0) is 32.7 Å². The summed E-state index contributed by atoms with van der Waals surface area (Å²) in [6, 6.07) is 0. The van der Waals surface area contributed by atoms with E-state index in [2.05, 4.69) is 50.3 Å². The van der Waals surface area contributed by atoms with Crippen molar-refractivity contribution in [3.63, 3.8) is 0 Å². The first-order valence-electron chi connectivity index (χ1n) is 24.8. The summed E-state index contributed by atoms with van der Waals surface area (Å²) < 4.78 is 33.6. The van der Waals surface area contributed by atoms with Crippen molar-refractivity contribution in [2.24, 2.45) is 0 Å². The molecule has 0 heterocycles. The van der Waals surface area contributed by atoms with Gasteiger partial charge in [-0.25, -0.2) is 4.57 Å². The van der Waals surface area contributed by atoms with E-state index >= 15 is 0 Å². The van der Waals surface area contributed by atoms with Gasteiger partial charge >= 0.3 is 19.8 Å². The van der Waals surface area contributed by atoms with E-state index in [0.717, 1.165) is 89.9 Å². The number of rotatable bonds is 41. The molecule has 0 saturated heterocycles. The van der Waals surface area contributed by atoms with Crippen molar-refractivity contribution in [2.75, 3.05) is 13.2 Å². The Bertz CT molecular complexity index is 1240. The molecule has 1 aliphatic carbocycles. The number of carbonyl (C=O) groups is 2. The first-order valence-corrected chi connectivity index (χ1v) is 26.3. The van der Waals surface area contributed by atoms with Crippen LogP contribution in [0.25, 0.3) is 0 Å². The molecule has 63 heavy (non-hydrogen) atoms. The maximum Gasteiger partial charge on any atom is 0.472 e. The van der Waals surface area contributed by atoms with Gasteiger partial charge in [0, 0.05) is 12.8 Å². The predicted octanol–water partition coefficient (Wildman–Crippen LogP) is 10.2. The SMILES string of the molecule is CCCCC/C=C\C/C=C\CCCCCCCCCC(=O)OC(COC(=O)CCCCCCCCC/C=C\CCCCCCCC)COP(=O)(O)OC1C(O)C(O)C(O)C(O)C1O. The Hall–Kier alpha value is -1.93. The van der Waals surface area contributed by atoms with Gasteiger partial charge in [0.15, 0.2) is 6.10 Å². The molecule has 0 aromatic heterocycles. The summed E-state index contributed by atoms with van der Waals surface area (Å²) in [4.78, 5) is 35.8. The van der Waals surface area contributed by atoms with Crippen LogP contribution in [-0.4, -0.2) is 98.3 Å². The summed E-state index contributed by atoms with van der Waals surface area (Å²) in [6.45, 7) is 3.28. The number of hydrogen-bond donors (Lipinski definition) is 6. The molecule has 0 aromatic rings. The Morgan fingerprint density at radius 1 is 0.492 bits per heavy atom. The third kappa shape index (κ3) is 31.6. The van der Waals surface area contributed by atoms with E-state index in [9.17, 15) is 44.6 Å². The Balaban J connectivity index is 2.43. The normalized spacial score (nSPS) is 22.0. The number of aliphatic hydroxyl groups is 5. The second kappa shape index (κ2) is 39.3. The summed E-state index contributed by atoms with van der Waals surface area (Å²) in [5, 5.41) is 50.2. The number of unbranched alkanes of at least 4 members (excludes halogenated alkanes) is 23. The lowest BCUT2D eigenvalue weighted by molar-refractivity contribution is -0.220. The van der Waals surface area contributed by atoms with Gasteiger partial charge in [0.05, 0.1) is 6.61 Å². The molecule has 6 N–H and O–H groups in total. The average Bonchev–Trinajstić information content (AvgIpc) is 3.26. The van der Waals surface area contributed by atoms with Gasteiger partial charge in [0.2, 0.25) is 0 Å². The van der Waals surface area contributed by atoms with Crippen LogP contribution in [0.1, 0.15) is 206 Å². The highest BCUT2D eigenvalue weighted by Crippen LogP contribution is 2.47. The van der Waals surface area contributed by atoms with Gasteiger partial charge in [0.25, 0.3) is 0 Å². The monoisotopic (exact) mass is 917 g/mol. The molecule has 0 radical (unpaired) electrons. The molecule has 0 amide bonds. The molecule has 1 fully saturated rings. The maximum absolute atomic E-state index is 12.8. The molecule has 6 atom stereocenters. The molecule has 1 aliphatic rings. The molecule has 0 spiro atoms. The molecular formula is C49H89O13P. The molecule has 0 bridgehead atoms. The predicted molar refractivity (Wildman–Crippen MR) is 249 cm³/mol. The molecule has 13 nitrogen and oxygen atoms in total. The standard InChI is InChI=1S/C49H89O13P/c1-3-5-7-9-11-13-15-17-19-21-23-25-27-29-31-33-35-37-42(50)59-39-41(40-60-63(57,58)62-49-47(55)45(53)44(52)46(54)48(49)56)61-43(51)38-36-34-32-30-28-26-24-22-20-18-16-14-12-10-8-6-4-2/h12,14,17-20,41,44-49,52-56H,3-11,13,15-16,21-40H2,1-2H3,(H,57,58)/b14-12-,19-17-,20-18-. The minimum absolute atomic E-state index is 0.0874. The minimum atomic E-state index is -5.12. The van der Waals surface area contributed by atoms with Crippen molar-refractivity contribution in [3.8, 4) is 0 Å². The smallest absolute Gasteiger partial charge is 0.462 e. The second-order valence-electron chi connectivity index (χ2n) is 17.3. The van der Waals surface area contributed by atoms with E-state index in [0.29, 0.717) is 12.8 Å². The lowest BCUT2D eigenvalue weighted by Crippen LogP contribution is -2.64. The lowest BCUT2D eigenvalue weighted by Gasteiger charge is -2.41. The van der Waals surface area contributed by atoms with Crippen LogP contribution in [0.4, 0.5) is 0 Å². The van der Waals surface area contributed by atoms with Gasteiger partial charge in [-0.15, -0.1) is 0 Å². The molecule has 1 saturated carbocycles. The first-order chi connectivity index (χ1) is 30.4. The molecule has 6 unspecified atom stereocenters. The summed E-state index contributed by atoms with van der Waals surface area (Å²) in [6.07, 6.45) is 31.8. The number of ether oxygens (including phenoxy) is 2. The Morgan fingerprint density at radius 3 is 1.33 bits per heavy atom. The van der Waals surface area contributed by atoms with Crippen molar-refractivity contribution < 1.29 is 63.1 Å². The Labute approximate surface area is 380 Å². The van der Waals surface area contributed by atoms with Crippen molar-refractivity contribution in [1.82, 2.24) is 0 Å². The van der Waals surface area contributed by atoms with Crippen LogP contribution >= 0.6 is 7.82 Å². The number of carbonyl (C=O) groups excluding carboxylic acids is 2. The fourth-order valence-corrected chi connectivity index (χ4v) is 8.40. The number of esters is 2. The van der Waals surface area contributed by atoms with Crippen molar-refractivity contribution >= 4 is 19.8 Å². The van der Waals surface area contributed by atoms with Gasteiger partial charge < -0.3 is 39.9 Å². The van der Waals surface area contributed by atoms with Gasteiger partial charge in [0.1, 0.15) is 43.2 Å². The van der Waals surface area contributed by atoms with Crippen LogP contribution in [0.2, 0.25) is 0 Å². The molecule has 14 heteroatoms. The number of aliphatic hydroxyl groups excluding tert-OH is 5. The van der Waals surface area contributed by atoms with Crippen molar-refractivity contribution in [1.29, 1.82) is 0 Å². The maximum atomic E-state index is 12.8. The van der Waals surface area contributed by atoms with Crippen molar-refractivity contribution in [2.45, 2.75) is 249 Å². The second-order valence-corrected chi connectivity index (χ2v) is 18.7. The average molecular weight is 917 g/mol. The molecule has 0 aromatic carbocycles. The highest BCUT2D eigenvalue weighted by molar-refractivity contribution is 7.47. The number of phosphoric acid groups is 1. The fourth-order valence-electron chi connectivity index (χ4n) is 7.43. The van der Waals surface area contributed by atoms with E-state index < -0.39 is 75.7 Å². The van der Waals surface area contributed by atoms with Gasteiger partial charge in [-0.1, -0.05) is 159 Å². The zero-order valence-corrected chi connectivity index (χ0v) is 40.0. The van der Waals surface area contributed by atoms with Crippen LogP contribution in [0.3, 0.4) is 0 Å². The molecule has 368 valence electrons. The topological polar surface area (TPSA) is 210 Å². The lowest BCUT2D eigenvalue weighted by atomic mass is 9.85. The van der Waals surface area contributed by atoms with Crippen LogP contribution in [0.15, 0.2) is 36.5 Å². The zero-order valence-electron chi connectivity index (χ0n) is 39.1. The van der Waals surface area contributed by atoms with Crippen LogP contribution in [0.5, 0.6) is 0 Å². The van der Waals surface area contributed by atoms with Crippen LogP contribution in [0, 0.1) is 0 Å².